The van der Waals surface area contributed by atoms with Gasteiger partial charge in [-0.3, -0.25) is 4.79 Å². The van der Waals surface area contributed by atoms with E-state index in [0.717, 1.165) is 25.8 Å². The quantitative estimate of drug-likeness (QED) is 0.0757. The molecular weight excluding hydrogens is 446 g/mol. The van der Waals surface area contributed by atoms with Crippen molar-refractivity contribution in [2.75, 3.05) is 18.8 Å². The van der Waals surface area contributed by atoms with Gasteiger partial charge in [0.25, 0.3) is 0 Å². The summed E-state index contributed by atoms with van der Waals surface area (Å²) < 4.78 is 0. The Labute approximate surface area is 215 Å². The smallest absolute Gasteiger partial charge is 0.326 e. The summed E-state index contributed by atoms with van der Waals surface area (Å²) in [4.78, 5) is 23.8. The topological polar surface area (TPSA) is 104 Å². The van der Waals surface area contributed by atoms with E-state index in [1.807, 2.05) is 0 Å². The van der Waals surface area contributed by atoms with E-state index in [4.69, 9.17) is 5.73 Å². The van der Waals surface area contributed by atoms with Crippen molar-refractivity contribution >= 4 is 24.5 Å². The molecule has 1 amide bonds. The summed E-state index contributed by atoms with van der Waals surface area (Å²) in [5, 5.41) is 15.2. The van der Waals surface area contributed by atoms with E-state index in [1.54, 1.807) is 0 Å². The number of nitrogens with two attached hydrogens (primary N) is 1. The lowest BCUT2D eigenvalue weighted by atomic mass is 10.0. The largest absolute Gasteiger partial charge is 0.480 e. The second kappa shape index (κ2) is 25.3. The van der Waals surface area contributed by atoms with E-state index in [0.29, 0.717) is 25.1 Å². The van der Waals surface area contributed by atoms with Crippen LogP contribution in [0.2, 0.25) is 0 Å². The van der Waals surface area contributed by atoms with Crippen LogP contribution in [0.4, 0.5) is 0 Å². The molecule has 0 saturated carbocycles. The zero-order chi connectivity index (χ0) is 25.3. The maximum Gasteiger partial charge on any atom is 0.326 e. The van der Waals surface area contributed by atoms with Gasteiger partial charge < -0.3 is 21.5 Å². The molecule has 0 aliphatic heterocycles. The molecule has 2 atom stereocenters. The van der Waals surface area contributed by atoms with E-state index in [1.165, 1.54) is 89.9 Å². The predicted octanol–water partition coefficient (Wildman–Crippen LogP) is 5.83. The number of hydrogen-bond donors (Lipinski definition) is 5. The first-order chi connectivity index (χ1) is 16.6. The molecule has 0 aliphatic rings. The van der Waals surface area contributed by atoms with Gasteiger partial charge in [0.05, 0.1) is 6.04 Å². The number of amides is 1. The Morgan fingerprint density at radius 1 is 0.735 bits per heavy atom. The van der Waals surface area contributed by atoms with Crippen molar-refractivity contribution in [3.05, 3.63) is 0 Å². The highest BCUT2D eigenvalue weighted by molar-refractivity contribution is 7.80. The Kier molecular flexibility index (Phi) is 24.7. The second-order valence-corrected chi connectivity index (χ2v) is 10.0. The minimum absolute atomic E-state index is 0.286. The van der Waals surface area contributed by atoms with Crippen LogP contribution in [0.25, 0.3) is 0 Å². The lowest BCUT2D eigenvalue weighted by Gasteiger charge is -2.20. The summed E-state index contributed by atoms with van der Waals surface area (Å²) in [6.45, 7) is 3.55. The van der Waals surface area contributed by atoms with Crippen molar-refractivity contribution in [3.8, 4) is 0 Å². The van der Waals surface area contributed by atoms with Crippen LogP contribution in [-0.2, 0) is 9.59 Å². The van der Waals surface area contributed by atoms with E-state index in [9.17, 15) is 14.7 Å². The van der Waals surface area contributed by atoms with E-state index < -0.39 is 18.1 Å². The number of thiol groups is 1. The Balaban J connectivity index is 3.64. The molecule has 7 heteroatoms. The molecule has 0 aromatic rings. The van der Waals surface area contributed by atoms with Gasteiger partial charge in [-0.05, 0) is 38.8 Å². The first kappa shape index (κ1) is 33.2. The maximum atomic E-state index is 12.4. The number of carboxylic acids is 1. The van der Waals surface area contributed by atoms with Crippen molar-refractivity contribution in [1.82, 2.24) is 10.6 Å². The first-order valence-electron chi connectivity index (χ1n) is 14.1. The molecule has 5 N–H and O–H groups in total. The summed E-state index contributed by atoms with van der Waals surface area (Å²) in [7, 11) is 0. The van der Waals surface area contributed by atoms with Crippen LogP contribution in [0.3, 0.4) is 0 Å². The van der Waals surface area contributed by atoms with Crippen LogP contribution in [-0.4, -0.2) is 47.9 Å². The normalized spacial score (nSPS) is 13.0. The van der Waals surface area contributed by atoms with Gasteiger partial charge in [-0.2, -0.15) is 12.6 Å². The number of carbonyl (C=O) groups is 2. The lowest BCUT2D eigenvalue weighted by molar-refractivity contribution is -0.142. The van der Waals surface area contributed by atoms with Gasteiger partial charge in [0, 0.05) is 5.75 Å². The van der Waals surface area contributed by atoms with Gasteiger partial charge >= 0.3 is 5.97 Å². The van der Waals surface area contributed by atoms with Crippen LogP contribution in [0.15, 0.2) is 0 Å². The molecular formula is C27H55N3O3S. The number of carbonyl (C=O) groups excluding carboxylic acids is 1. The predicted molar refractivity (Wildman–Crippen MR) is 148 cm³/mol. The molecule has 0 fully saturated rings. The summed E-state index contributed by atoms with van der Waals surface area (Å²) in [6.07, 6.45) is 23.2. The zero-order valence-corrected chi connectivity index (χ0v) is 22.9. The SMILES string of the molecule is CCCCCCCCCCCCCCCCCCN[C@@H](CS)C(=O)N[C@@H](CCCCN)C(=O)O. The Morgan fingerprint density at radius 3 is 1.62 bits per heavy atom. The molecule has 0 spiro atoms. The highest BCUT2D eigenvalue weighted by atomic mass is 32.1. The van der Waals surface area contributed by atoms with Crippen molar-refractivity contribution < 1.29 is 14.7 Å². The highest BCUT2D eigenvalue weighted by Crippen LogP contribution is 2.13. The number of rotatable bonds is 26. The Morgan fingerprint density at radius 2 is 1.21 bits per heavy atom. The molecule has 0 unspecified atom stereocenters. The maximum absolute atomic E-state index is 12.4. The molecule has 6 nitrogen and oxygen atoms in total. The average molecular weight is 502 g/mol. The van der Waals surface area contributed by atoms with Crippen LogP contribution >= 0.6 is 12.6 Å². The van der Waals surface area contributed by atoms with E-state index in [2.05, 4.69) is 30.2 Å². The fourth-order valence-corrected chi connectivity index (χ4v) is 4.51. The molecule has 0 aromatic carbocycles. The standard InChI is InChI=1S/C27H55N3O3S/c1-2-3-4-5-6-7-8-9-10-11-12-13-14-15-16-19-22-29-25(23-34)26(31)30-24(27(32)33)20-17-18-21-28/h24-25,29,34H,2-23,28H2,1H3,(H,30,31)(H,32,33)/t24-,25-/m0/s1. The van der Waals surface area contributed by atoms with Gasteiger partial charge in [0.2, 0.25) is 5.91 Å². The summed E-state index contributed by atoms with van der Waals surface area (Å²) in [5.74, 6) is -0.937. The van der Waals surface area contributed by atoms with E-state index >= 15 is 0 Å². The molecule has 0 saturated heterocycles. The van der Waals surface area contributed by atoms with E-state index in [-0.39, 0.29) is 5.91 Å². The van der Waals surface area contributed by atoms with Gasteiger partial charge in [-0.25, -0.2) is 4.79 Å². The van der Waals surface area contributed by atoms with Gasteiger partial charge in [-0.15, -0.1) is 0 Å². The van der Waals surface area contributed by atoms with Gasteiger partial charge in [0.15, 0.2) is 0 Å². The van der Waals surface area contributed by atoms with Crippen molar-refractivity contribution in [2.45, 2.75) is 141 Å². The van der Waals surface area contributed by atoms with Crippen molar-refractivity contribution in [3.63, 3.8) is 0 Å². The van der Waals surface area contributed by atoms with Gasteiger partial charge in [-0.1, -0.05) is 103 Å². The molecule has 0 radical (unpaired) electrons. The molecule has 0 aliphatic carbocycles. The summed E-state index contributed by atoms with van der Waals surface area (Å²) in [6, 6.07) is -1.32. The third-order valence-electron chi connectivity index (χ3n) is 6.48. The monoisotopic (exact) mass is 501 g/mol. The van der Waals surface area contributed by atoms with Crippen LogP contribution in [0.5, 0.6) is 0 Å². The average Bonchev–Trinajstić information content (AvgIpc) is 2.82. The number of unbranched alkanes of at least 4 members (excludes halogenated alkanes) is 16. The molecule has 202 valence electrons. The molecule has 0 rings (SSSR count). The number of hydrogen-bond acceptors (Lipinski definition) is 5. The lowest BCUT2D eigenvalue weighted by Crippen LogP contribution is -2.51. The first-order valence-corrected chi connectivity index (χ1v) is 14.8. The number of nitrogens with one attached hydrogen (secondary N) is 2. The zero-order valence-electron chi connectivity index (χ0n) is 22.0. The minimum atomic E-state index is -0.999. The Hall–Kier alpha value is -0.790. The van der Waals surface area contributed by atoms with Crippen LogP contribution in [0, 0.1) is 0 Å². The third-order valence-corrected chi connectivity index (χ3v) is 6.85. The number of aliphatic carboxylic acids is 1. The molecule has 0 heterocycles. The third kappa shape index (κ3) is 20.6. The highest BCUT2D eigenvalue weighted by Gasteiger charge is 2.23. The molecule has 0 bridgehead atoms. The van der Waals surface area contributed by atoms with Gasteiger partial charge in [0.1, 0.15) is 6.04 Å². The Bertz CT molecular complexity index is 480. The van der Waals surface area contributed by atoms with Crippen molar-refractivity contribution in [1.29, 1.82) is 0 Å². The fourth-order valence-electron chi connectivity index (χ4n) is 4.21. The van der Waals surface area contributed by atoms with Crippen LogP contribution < -0.4 is 16.4 Å². The summed E-state index contributed by atoms with van der Waals surface area (Å²) in [5.41, 5.74) is 5.46. The molecule has 34 heavy (non-hydrogen) atoms. The van der Waals surface area contributed by atoms with Crippen LogP contribution in [0.1, 0.15) is 129 Å². The fraction of sp³-hybridized carbons (Fsp3) is 0.926. The minimum Gasteiger partial charge on any atom is -0.480 e. The second-order valence-electron chi connectivity index (χ2n) is 9.68. The van der Waals surface area contributed by atoms with Crippen molar-refractivity contribution in [2.24, 2.45) is 5.73 Å². The molecule has 0 aromatic heterocycles. The summed E-state index contributed by atoms with van der Waals surface area (Å²) >= 11 is 4.26. The number of carboxylic acid groups (broad SMARTS) is 1.